The van der Waals surface area contributed by atoms with Crippen LogP contribution in [0.5, 0.6) is 0 Å². The average Bonchev–Trinajstić information content (AvgIpc) is 1.63. The number of aromatic amines is 5. The number of β-amino-alcohol motifs (C(OH)–C–C–N with tert-alkyl or cyclic N) is 1. The predicted molar refractivity (Wildman–Crippen MR) is 563 cm³/mol. The van der Waals surface area contributed by atoms with Gasteiger partial charge in [0.2, 0.25) is 0 Å². The second-order valence-electron chi connectivity index (χ2n) is 41.4. The van der Waals surface area contributed by atoms with Gasteiger partial charge in [0, 0.05) is 172 Å². The van der Waals surface area contributed by atoms with E-state index in [0.29, 0.717) is 149 Å². The summed E-state index contributed by atoms with van der Waals surface area (Å²) in [5.41, 5.74) is 14.3. The minimum Gasteiger partial charge on any atom is -0.444 e. The van der Waals surface area contributed by atoms with Gasteiger partial charge in [0.15, 0.2) is 63.1 Å². The SMILES string of the molecule is CC(C)(C)C(N)C1CCN(c2ccc(F)c(-c3[nH]nc4ncccc34)n2)C1.CC(C)(C)C(N)C1CCN(c2ccc(F)c(-c3[nH]nc4ncccc34)n2)C1.CC(C)C(C)(O)C1CN(c2ccc(F)c(-c3[nH]nc4ncccc34)n2)CCN1C(=O)OC(C)(C)C.CC(C)C(C)(O)C1CN(c2nc(-c3[nH]nc4ncccc34)c(F)cc2F)CCN1.OC1CCCN(c2ccc(C(F)(F)F)c(-c3[nH]nc4ncccc34)n2)C1.[HH].[HH].[HH].[HH].[HH].[HH].[HH].[HH].[HH].[HH].[HH].[HH]. The first-order valence-corrected chi connectivity index (χ1v) is 48.3. The summed E-state index contributed by atoms with van der Waals surface area (Å²) in [6.07, 6.45) is 6.02. The van der Waals surface area contributed by atoms with Gasteiger partial charge in [0.05, 0.1) is 63.4 Å². The normalized spacial score (nSPS) is 19.0. The Bertz CT molecular complexity index is 6930. The fourth-order valence-electron chi connectivity index (χ4n) is 18.7. The van der Waals surface area contributed by atoms with Crippen molar-refractivity contribution in [1.82, 2.24) is 111 Å². The van der Waals surface area contributed by atoms with Crippen LogP contribution in [0.2, 0.25) is 0 Å². The molecule has 0 saturated carbocycles. The summed E-state index contributed by atoms with van der Waals surface area (Å²) >= 11 is 0. The van der Waals surface area contributed by atoms with Crippen molar-refractivity contribution in [3.05, 3.63) is 181 Å². The first-order valence-electron chi connectivity index (χ1n) is 48.3. The van der Waals surface area contributed by atoms with Crippen LogP contribution in [-0.2, 0) is 10.9 Å². The van der Waals surface area contributed by atoms with Crippen LogP contribution in [0, 0.1) is 63.6 Å². The van der Waals surface area contributed by atoms with Crippen molar-refractivity contribution in [3.63, 3.8) is 0 Å². The molecule has 144 heavy (non-hydrogen) atoms. The van der Waals surface area contributed by atoms with Gasteiger partial charge in [-0.25, -0.2) is 76.6 Å². The fourth-order valence-corrected chi connectivity index (χ4v) is 18.7. The molecule has 34 nitrogen and oxygen atoms in total. The fraction of sp³-hybridized carbons (Fsp3) is 0.451. The number of hydrogen-bond donors (Lipinski definition) is 11. The van der Waals surface area contributed by atoms with Crippen molar-refractivity contribution >= 4 is 90.3 Å². The molecule has 0 aromatic carbocycles. The molecule has 5 aliphatic heterocycles. The molecule has 0 aliphatic carbocycles. The quantitative estimate of drug-likeness (QED) is 0.0400. The van der Waals surface area contributed by atoms with E-state index in [2.05, 4.69) is 157 Å². The van der Waals surface area contributed by atoms with E-state index in [9.17, 15) is 55.2 Å². The van der Waals surface area contributed by atoms with Crippen molar-refractivity contribution in [2.45, 2.75) is 183 Å². The van der Waals surface area contributed by atoms with Crippen LogP contribution in [0.15, 0.2) is 146 Å². The van der Waals surface area contributed by atoms with Crippen LogP contribution in [0.1, 0.15) is 152 Å². The molecular formula is C102H147F8N29O5. The molecule has 0 bridgehead atoms. The molecule has 1 amide bonds. The van der Waals surface area contributed by atoms with Gasteiger partial charge in [0.1, 0.15) is 57.3 Å². The molecule has 20 rings (SSSR count). The van der Waals surface area contributed by atoms with Gasteiger partial charge >= 0.3 is 12.3 Å². The molecule has 0 spiro atoms. The van der Waals surface area contributed by atoms with Gasteiger partial charge in [-0.15, -0.1) is 0 Å². The average molecular weight is 2010 g/mol. The highest BCUT2D eigenvalue weighted by Gasteiger charge is 2.47. The third-order valence-corrected chi connectivity index (χ3v) is 27.8. The molecule has 5 fully saturated rings. The van der Waals surface area contributed by atoms with Crippen LogP contribution in [-0.4, -0.2) is 253 Å². The van der Waals surface area contributed by atoms with Gasteiger partial charge in [-0.3, -0.25) is 30.4 Å². The molecule has 786 valence electrons. The molecule has 5 aliphatic rings. The zero-order valence-electron chi connectivity index (χ0n) is 83.1. The number of rotatable bonds is 16. The summed E-state index contributed by atoms with van der Waals surface area (Å²) in [5, 5.41) is 73.2. The first-order chi connectivity index (χ1) is 68.3. The minimum absolute atomic E-state index is 0. The summed E-state index contributed by atoms with van der Waals surface area (Å²) in [6, 6.07) is 29.7. The van der Waals surface area contributed by atoms with Gasteiger partial charge in [0.25, 0.3) is 0 Å². The number of anilines is 5. The number of nitrogens with one attached hydrogen (secondary N) is 6. The number of alkyl halides is 3. The van der Waals surface area contributed by atoms with E-state index < -0.39 is 64.2 Å². The van der Waals surface area contributed by atoms with Crippen LogP contribution < -0.4 is 41.3 Å². The summed E-state index contributed by atoms with van der Waals surface area (Å²) in [7, 11) is 0. The first kappa shape index (κ1) is 103. The number of carbonyl (C=O) groups is 1. The van der Waals surface area contributed by atoms with Crippen molar-refractivity contribution in [3.8, 4) is 56.9 Å². The lowest BCUT2D eigenvalue weighted by Crippen LogP contribution is -2.65. The Morgan fingerprint density at radius 1 is 0.424 bits per heavy atom. The Morgan fingerprint density at radius 3 is 1.17 bits per heavy atom. The zero-order valence-corrected chi connectivity index (χ0v) is 83.1. The van der Waals surface area contributed by atoms with Crippen LogP contribution in [0.25, 0.3) is 112 Å². The molecule has 15 aromatic rings. The van der Waals surface area contributed by atoms with Gasteiger partial charge in [-0.1, -0.05) is 69.2 Å². The summed E-state index contributed by atoms with van der Waals surface area (Å²) in [4.78, 5) is 67.7. The highest BCUT2D eigenvalue weighted by atomic mass is 19.4. The number of nitrogens with two attached hydrogens (primary N) is 2. The number of carbonyl (C=O) groups excluding carboxylic acids is 1. The Balaban J connectivity index is 0.000000399. The van der Waals surface area contributed by atoms with Gasteiger partial charge in [-0.2, -0.15) is 38.7 Å². The Labute approximate surface area is 844 Å². The lowest BCUT2D eigenvalue weighted by atomic mass is 9.79. The molecule has 5 saturated heterocycles. The monoisotopic (exact) mass is 2010 g/mol. The molecule has 42 heteroatoms. The number of nitrogens with zero attached hydrogens (tertiary/aromatic N) is 21. The second kappa shape index (κ2) is 41.9. The van der Waals surface area contributed by atoms with Crippen LogP contribution >= 0.6 is 0 Å². The topological polar surface area (TPSA) is 443 Å². The number of hydrogen-bond acceptors (Lipinski definition) is 28. The van der Waals surface area contributed by atoms with Gasteiger partial charge in [-0.05, 0) is 204 Å². The van der Waals surface area contributed by atoms with E-state index in [-0.39, 0.29) is 110 Å². The van der Waals surface area contributed by atoms with Crippen LogP contribution in [0.4, 0.5) is 69.0 Å². The van der Waals surface area contributed by atoms with Crippen molar-refractivity contribution in [1.29, 1.82) is 0 Å². The lowest BCUT2D eigenvalue weighted by Gasteiger charge is -2.49. The molecule has 0 radical (unpaired) electrons. The minimum atomic E-state index is -4.55. The van der Waals surface area contributed by atoms with E-state index in [1.165, 1.54) is 30.5 Å². The third kappa shape index (κ3) is 22.5. The van der Waals surface area contributed by atoms with E-state index in [1.807, 2.05) is 83.7 Å². The van der Waals surface area contributed by atoms with E-state index >= 15 is 0 Å². The van der Waals surface area contributed by atoms with E-state index in [0.717, 1.165) is 80.0 Å². The largest absolute Gasteiger partial charge is 0.444 e. The number of aromatic nitrogens is 20. The number of H-pyrrole nitrogens is 5. The second-order valence-corrected chi connectivity index (χ2v) is 41.4. The number of pyridine rings is 10. The maximum absolute atomic E-state index is 14.9. The summed E-state index contributed by atoms with van der Waals surface area (Å²) in [5.74, 6) is 0.451. The highest BCUT2D eigenvalue weighted by Crippen LogP contribution is 2.43. The Kier molecular flexibility index (Phi) is 30.1. The number of aliphatic hydroxyl groups excluding tert-OH is 1. The van der Waals surface area contributed by atoms with Crippen molar-refractivity contribution in [2.24, 2.45) is 46.0 Å². The molecular weight excluding hydrogens is 1860 g/mol. The molecule has 20 heterocycles. The number of piperazine rings is 2. The number of fused-ring (bicyclic) bond motifs is 5. The zero-order chi connectivity index (χ0) is 103. The maximum Gasteiger partial charge on any atom is 0.418 e. The number of piperidine rings is 1. The number of ether oxygens (including phenoxy) is 1. The smallest absolute Gasteiger partial charge is 0.418 e. The number of aliphatic hydroxyl groups is 3. The lowest BCUT2D eigenvalue weighted by molar-refractivity contribution is -0.137. The van der Waals surface area contributed by atoms with Crippen molar-refractivity contribution < 1.29 is 77.1 Å². The summed E-state index contributed by atoms with van der Waals surface area (Å²) in [6.45, 7) is 36.6. The highest BCUT2D eigenvalue weighted by molar-refractivity contribution is 5.94. The molecule has 15 aromatic heterocycles. The molecule has 9 unspecified atom stereocenters. The molecule has 13 N–H and O–H groups in total. The maximum atomic E-state index is 14.9. The van der Waals surface area contributed by atoms with E-state index in [1.54, 1.807) is 102 Å². The van der Waals surface area contributed by atoms with Crippen molar-refractivity contribution in [2.75, 3.05) is 103 Å². The van der Waals surface area contributed by atoms with Gasteiger partial charge < -0.3 is 61.3 Å². The number of amides is 1. The van der Waals surface area contributed by atoms with Crippen LogP contribution in [0.3, 0.4) is 0 Å². The molecule has 9 atom stereocenters. The Morgan fingerprint density at radius 2 is 0.792 bits per heavy atom. The standard InChI is InChI=1S/C25H33FN6O3.C20H24F2N6O.2C20H25FN6.C17H16F3N5O.12H2/c1-15(2)25(6,34)18-14-31(12-13-32(18)23(33)35-24(3,4)5)19-10-9-17(26)21(28-19)20-16-8-7-11-27-22(16)30-29-20;1-11(2)20(3,29)15-10-28(8-7-23-15)19-14(22)9-13(21)17(25-19)16-12-5-4-6-24-18(12)27-26-16;2*1-20(2,3)18(22)12-8-10-27(11-12)15-7-6-14(21)17(24-15)16-13-5-4-9-23-19(13)26-25-16;18-17(19,20)12-5-6-13(25-8-2-3-10(26)9-25)22-15(12)14-11-4-1-7-21-16(11)24-23-14;;;;;;;;;;;;/h7-11,15,18,34H,12-14H2,1-6H3,(H,27,29,30);4-6,9,11,15,23,29H,7-8,10H2,1-3H3,(H,24,26,27);2*4-7,9,12,18H,8,10-11,22H2,1-3H3,(H,23,25,26);1,4-7,10,26H,2-3,8-9H2,(H,21,23,24);12*1H. The third-order valence-electron chi connectivity index (χ3n) is 27.8. The summed E-state index contributed by atoms with van der Waals surface area (Å²) < 4.78 is 119. The Hall–Kier alpha value is -13.7. The predicted octanol–water partition coefficient (Wildman–Crippen LogP) is 19.1. The number of halogens is 8. The van der Waals surface area contributed by atoms with E-state index in [4.69, 9.17) is 16.2 Å².